The van der Waals surface area contributed by atoms with Gasteiger partial charge in [0.2, 0.25) is 11.8 Å². The van der Waals surface area contributed by atoms with Crippen LogP contribution in [0.3, 0.4) is 0 Å². The number of aromatic nitrogens is 4. The number of amides is 1. The smallest absolute Gasteiger partial charge is 0.271 e. The number of fused-ring (bicyclic) bond motifs is 1. The molecule has 9 heteroatoms. The van der Waals surface area contributed by atoms with E-state index in [-0.39, 0.29) is 18.5 Å². The van der Waals surface area contributed by atoms with Gasteiger partial charge >= 0.3 is 0 Å². The summed E-state index contributed by atoms with van der Waals surface area (Å²) in [6.07, 6.45) is 3.62. The van der Waals surface area contributed by atoms with Crippen LogP contribution in [-0.2, 0) is 6.54 Å². The molecule has 164 valence electrons. The Morgan fingerprint density at radius 1 is 1.16 bits per heavy atom. The van der Waals surface area contributed by atoms with Gasteiger partial charge in [0.15, 0.2) is 5.69 Å². The Morgan fingerprint density at radius 2 is 2.00 bits per heavy atom. The van der Waals surface area contributed by atoms with Gasteiger partial charge in [-0.2, -0.15) is 0 Å². The van der Waals surface area contributed by atoms with Gasteiger partial charge in [0.25, 0.3) is 5.91 Å². The topological polar surface area (TPSA) is 102 Å². The molecule has 0 saturated carbocycles. The number of hydrogen-bond donors (Lipinski definition) is 2. The lowest BCUT2D eigenvalue weighted by atomic mass is 10.1. The molecule has 4 aromatic heterocycles. The third kappa shape index (κ3) is 4.83. The van der Waals surface area contributed by atoms with Crippen molar-refractivity contribution in [2.45, 2.75) is 33.4 Å². The third-order valence-electron chi connectivity index (χ3n) is 4.87. The highest BCUT2D eigenvalue weighted by Gasteiger charge is 2.18. The Bertz CT molecular complexity index is 1270. The number of carbonyl (C=O) groups is 1. The van der Waals surface area contributed by atoms with E-state index in [0.717, 1.165) is 26.2 Å². The van der Waals surface area contributed by atoms with Crippen LogP contribution in [0.2, 0.25) is 0 Å². The van der Waals surface area contributed by atoms with Crippen molar-refractivity contribution in [2.75, 3.05) is 12.4 Å². The van der Waals surface area contributed by atoms with Crippen LogP contribution in [0.15, 0.2) is 42.7 Å². The molecule has 0 aliphatic rings. The standard InChI is InChI=1S/C23H24N6O2S/c1-13-8-16(11-24-10-13)15(3)26-23-28-18-9-14(2)32-21(18)20(29-23)22(30)25-12-17-6-5-7-19(27-17)31-4/h5-11,15H,12H2,1-4H3,(H,25,30)(H,26,28,29). The van der Waals surface area contributed by atoms with Crippen molar-refractivity contribution in [3.8, 4) is 5.88 Å². The molecule has 4 aromatic rings. The molecule has 4 heterocycles. The zero-order valence-corrected chi connectivity index (χ0v) is 19.2. The lowest BCUT2D eigenvalue weighted by molar-refractivity contribution is 0.0947. The number of thiophene rings is 1. The first kappa shape index (κ1) is 21.6. The van der Waals surface area contributed by atoms with Crippen molar-refractivity contribution in [2.24, 2.45) is 0 Å². The summed E-state index contributed by atoms with van der Waals surface area (Å²) in [4.78, 5) is 31.9. The fraction of sp³-hybridized carbons (Fsp3) is 0.261. The Morgan fingerprint density at radius 3 is 2.78 bits per heavy atom. The highest BCUT2D eigenvalue weighted by Crippen LogP contribution is 2.28. The van der Waals surface area contributed by atoms with Crippen molar-refractivity contribution < 1.29 is 9.53 Å². The quantitative estimate of drug-likeness (QED) is 0.437. The number of carbonyl (C=O) groups excluding carboxylic acids is 1. The lowest BCUT2D eigenvalue weighted by Crippen LogP contribution is -2.25. The van der Waals surface area contributed by atoms with Crippen LogP contribution in [-0.4, -0.2) is 33.0 Å². The Balaban J connectivity index is 1.59. The molecule has 0 fully saturated rings. The molecule has 0 saturated heterocycles. The minimum Gasteiger partial charge on any atom is -0.481 e. The SMILES string of the molecule is COc1cccc(CNC(=O)c2nc(NC(C)c3cncc(C)c3)nc3cc(C)sc23)n1. The van der Waals surface area contributed by atoms with Crippen molar-refractivity contribution >= 4 is 33.4 Å². The molecule has 0 aliphatic carbocycles. The van der Waals surface area contributed by atoms with Crippen molar-refractivity contribution in [1.82, 2.24) is 25.3 Å². The van der Waals surface area contributed by atoms with E-state index in [1.807, 2.05) is 51.4 Å². The van der Waals surface area contributed by atoms with Gasteiger partial charge in [0, 0.05) is 23.3 Å². The largest absolute Gasteiger partial charge is 0.481 e. The molecule has 0 aliphatic heterocycles. The van der Waals surface area contributed by atoms with Crippen LogP contribution in [0.25, 0.3) is 10.2 Å². The van der Waals surface area contributed by atoms with E-state index < -0.39 is 0 Å². The summed E-state index contributed by atoms with van der Waals surface area (Å²) in [6.45, 7) is 6.26. The fourth-order valence-electron chi connectivity index (χ4n) is 3.28. The number of anilines is 1. The molecule has 0 radical (unpaired) electrons. The van der Waals surface area contributed by atoms with E-state index in [4.69, 9.17) is 4.74 Å². The first-order chi connectivity index (χ1) is 15.4. The predicted octanol–water partition coefficient (Wildman–Crippen LogP) is 4.21. The number of aryl methyl sites for hydroxylation is 2. The summed E-state index contributed by atoms with van der Waals surface area (Å²) in [6, 6.07) is 9.38. The van der Waals surface area contributed by atoms with E-state index in [9.17, 15) is 4.79 Å². The van der Waals surface area contributed by atoms with Crippen LogP contribution >= 0.6 is 11.3 Å². The number of hydrogen-bond acceptors (Lipinski definition) is 8. The summed E-state index contributed by atoms with van der Waals surface area (Å²) in [5.74, 6) is 0.618. The number of ether oxygens (including phenoxy) is 1. The van der Waals surface area contributed by atoms with Gasteiger partial charge in [0.1, 0.15) is 0 Å². The maximum absolute atomic E-state index is 13.1. The molecule has 1 amide bonds. The van der Waals surface area contributed by atoms with Crippen LogP contribution < -0.4 is 15.4 Å². The second-order valence-corrected chi connectivity index (χ2v) is 8.74. The van der Waals surface area contributed by atoms with Crippen LogP contribution in [0.1, 0.15) is 45.2 Å². The van der Waals surface area contributed by atoms with Crippen molar-refractivity contribution in [3.63, 3.8) is 0 Å². The molecule has 0 spiro atoms. The first-order valence-corrected chi connectivity index (χ1v) is 11.0. The van der Waals surface area contributed by atoms with Crippen LogP contribution in [0.5, 0.6) is 5.88 Å². The average molecular weight is 449 g/mol. The van der Waals surface area contributed by atoms with Gasteiger partial charge in [-0.15, -0.1) is 11.3 Å². The van der Waals surface area contributed by atoms with Gasteiger partial charge in [-0.1, -0.05) is 12.1 Å². The van der Waals surface area contributed by atoms with Gasteiger partial charge in [-0.05, 0) is 44.0 Å². The molecule has 2 N–H and O–H groups in total. The third-order valence-corrected chi connectivity index (χ3v) is 5.92. The summed E-state index contributed by atoms with van der Waals surface area (Å²) < 4.78 is 5.91. The van der Waals surface area contributed by atoms with E-state index in [0.29, 0.717) is 23.2 Å². The number of pyridine rings is 2. The number of methoxy groups -OCH3 is 1. The Kier molecular flexibility index (Phi) is 6.27. The summed E-state index contributed by atoms with van der Waals surface area (Å²) in [5.41, 5.74) is 3.87. The molecule has 0 aromatic carbocycles. The van der Waals surface area contributed by atoms with Crippen LogP contribution in [0.4, 0.5) is 5.95 Å². The van der Waals surface area contributed by atoms with Gasteiger partial charge < -0.3 is 15.4 Å². The molecule has 0 bridgehead atoms. The molecular weight excluding hydrogens is 424 g/mol. The molecule has 32 heavy (non-hydrogen) atoms. The predicted molar refractivity (Wildman–Crippen MR) is 125 cm³/mol. The zero-order valence-electron chi connectivity index (χ0n) is 18.3. The molecule has 1 unspecified atom stereocenters. The normalized spacial score (nSPS) is 11.9. The van der Waals surface area contributed by atoms with E-state index in [1.54, 1.807) is 13.2 Å². The Hall–Kier alpha value is -3.59. The molecular formula is C23H24N6O2S. The number of nitrogens with zero attached hydrogens (tertiary/aromatic N) is 4. The fourth-order valence-corrected chi connectivity index (χ4v) is 4.22. The van der Waals surface area contributed by atoms with Gasteiger partial charge in [0.05, 0.1) is 35.6 Å². The first-order valence-electron chi connectivity index (χ1n) is 10.2. The van der Waals surface area contributed by atoms with Crippen LogP contribution in [0, 0.1) is 13.8 Å². The van der Waals surface area contributed by atoms with E-state index in [1.165, 1.54) is 11.3 Å². The maximum atomic E-state index is 13.1. The molecule has 8 nitrogen and oxygen atoms in total. The lowest BCUT2D eigenvalue weighted by Gasteiger charge is -2.15. The Labute approximate surface area is 190 Å². The monoisotopic (exact) mass is 448 g/mol. The molecule has 4 rings (SSSR count). The van der Waals surface area contributed by atoms with Gasteiger partial charge in [-0.25, -0.2) is 15.0 Å². The van der Waals surface area contributed by atoms with Crippen molar-refractivity contribution in [1.29, 1.82) is 0 Å². The number of nitrogens with one attached hydrogen (secondary N) is 2. The number of rotatable bonds is 7. The minimum atomic E-state index is -0.281. The highest BCUT2D eigenvalue weighted by atomic mass is 32.1. The van der Waals surface area contributed by atoms with Gasteiger partial charge in [-0.3, -0.25) is 9.78 Å². The van der Waals surface area contributed by atoms with Crippen molar-refractivity contribution in [3.05, 3.63) is 70.1 Å². The maximum Gasteiger partial charge on any atom is 0.271 e. The van der Waals surface area contributed by atoms with E-state index in [2.05, 4.69) is 36.6 Å². The second-order valence-electron chi connectivity index (χ2n) is 7.48. The summed E-state index contributed by atoms with van der Waals surface area (Å²) in [5, 5.41) is 6.21. The zero-order chi connectivity index (χ0) is 22.7. The molecule has 1 atom stereocenters. The summed E-state index contributed by atoms with van der Waals surface area (Å²) >= 11 is 1.50. The van der Waals surface area contributed by atoms with E-state index >= 15 is 0 Å². The highest BCUT2D eigenvalue weighted by molar-refractivity contribution is 7.19. The summed E-state index contributed by atoms with van der Waals surface area (Å²) in [7, 11) is 1.56. The second kappa shape index (κ2) is 9.27. The average Bonchev–Trinajstić information content (AvgIpc) is 3.17. The minimum absolute atomic E-state index is 0.0727.